The van der Waals surface area contributed by atoms with Crippen molar-refractivity contribution in [1.29, 1.82) is 0 Å². The second kappa shape index (κ2) is 9.14. The lowest BCUT2D eigenvalue weighted by Gasteiger charge is -2.04. The minimum Gasteiger partial charge on any atom is -0.395 e. The van der Waals surface area contributed by atoms with E-state index >= 15 is 0 Å². The molecule has 5 heteroatoms. The van der Waals surface area contributed by atoms with Crippen LogP contribution in [0.2, 0.25) is 0 Å². The minimum absolute atomic E-state index is 0.462. The van der Waals surface area contributed by atoms with Gasteiger partial charge in [-0.3, -0.25) is 4.79 Å². The van der Waals surface area contributed by atoms with Crippen LogP contribution < -0.4 is 9.47 Å². The standard InChI is InChI=1S/C13H10O3.C3H7NO/c14-13(15-11-7-3-1-4-8-11)16-12-9-5-2-6-10-12;1-4(2)3-5/h1-10H;3H,1-2H3. The van der Waals surface area contributed by atoms with Crippen LogP contribution in [0.1, 0.15) is 0 Å². The molecule has 0 aliphatic carbocycles. The molecule has 1 amide bonds. The van der Waals surface area contributed by atoms with Gasteiger partial charge in [0.2, 0.25) is 6.41 Å². The van der Waals surface area contributed by atoms with Gasteiger partial charge >= 0.3 is 6.16 Å². The number of nitrogens with zero attached hydrogens (tertiary/aromatic N) is 1. The van der Waals surface area contributed by atoms with Crippen LogP contribution in [0, 0.1) is 0 Å². The number of hydrogen-bond acceptors (Lipinski definition) is 4. The van der Waals surface area contributed by atoms with E-state index in [1.54, 1.807) is 62.6 Å². The number of carbonyl (C=O) groups excluding carboxylic acids is 2. The molecule has 0 radical (unpaired) electrons. The van der Waals surface area contributed by atoms with Gasteiger partial charge in [-0.25, -0.2) is 4.79 Å². The maximum absolute atomic E-state index is 11.3. The number of hydrogen-bond donors (Lipinski definition) is 0. The van der Waals surface area contributed by atoms with Crippen LogP contribution in [0.15, 0.2) is 60.7 Å². The fourth-order valence-corrected chi connectivity index (χ4v) is 1.19. The van der Waals surface area contributed by atoms with Crippen LogP contribution in [-0.2, 0) is 4.79 Å². The van der Waals surface area contributed by atoms with Gasteiger partial charge in [0.25, 0.3) is 0 Å². The number of benzene rings is 2. The molecule has 0 unspecified atom stereocenters. The van der Waals surface area contributed by atoms with Crippen molar-refractivity contribution in [3.8, 4) is 11.5 Å². The summed E-state index contributed by atoms with van der Waals surface area (Å²) in [7, 11) is 3.38. The zero-order valence-electron chi connectivity index (χ0n) is 11.9. The van der Waals surface area contributed by atoms with Gasteiger partial charge < -0.3 is 14.4 Å². The topological polar surface area (TPSA) is 55.8 Å². The van der Waals surface area contributed by atoms with Gasteiger partial charge in [0, 0.05) is 14.1 Å². The predicted molar refractivity (Wildman–Crippen MR) is 79.3 cm³/mol. The van der Waals surface area contributed by atoms with E-state index < -0.39 is 6.16 Å². The Morgan fingerprint density at radius 3 is 1.48 bits per heavy atom. The molecule has 0 heterocycles. The summed E-state index contributed by atoms with van der Waals surface area (Å²) >= 11 is 0. The average molecular weight is 287 g/mol. The number of para-hydroxylation sites is 2. The van der Waals surface area contributed by atoms with Crippen molar-refractivity contribution in [3.05, 3.63) is 60.7 Å². The summed E-state index contributed by atoms with van der Waals surface area (Å²) in [6.45, 7) is 0. The summed E-state index contributed by atoms with van der Waals surface area (Å²) in [4.78, 5) is 22.2. The summed E-state index contributed by atoms with van der Waals surface area (Å²) in [5.74, 6) is 0.923. The van der Waals surface area contributed by atoms with Gasteiger partial charge in [0.05, 0.1) is 0 Å². The fraction of sp³-hybridized carbons (Fsp3) is 0.125. The lowest BCUT2D eigenvalue weighted by Crippen LogP contribution is -2.13. The molecule has 0 N–H and O–H groups in total. The Balaban J connectivity index is 0.000000383. The second-order valence-electron chi connectivity index (χ2n) is 4.15. The highest BCUT2D eigenvalue weighted by atomic mass is 16.7. The van der Waals surface area contributed by atoms with E-state index in [1.807, 2.05) is 12.1 Å². The Kier molecular flexibility index (Phi) is 7.07. The molecule has 0 bridgehead atoms. The first-order chi connectivity index (χ1) is 10.1. The highest BCUT2D eigenvalue weighted by Crippen LogP contribution is 2.12. The summed E-state index contributed by atoms with van der Waals surface area (Å²) in [5, 5.41) is 0. The molecule has 2 aromatic carbocycles. The van der Waals surface area contributed by atoms with Crippen molar-refractivity contribution < 1.29 is 19.1 Å². The van der Waals surface area contributed by atoms with Crippen molar-refractivity contribution in [2.75, 3.05) is 14.1 Å². The first kappa shape index (κ1) is 16.2. The predicted octanol–water partition coefficient (Wildman–Crippen LogP) is 2.97. The van der Waals surface area contributed by atoms with Gasteiger partial charge in [-0.2, -0.15) is 0 Å². The van der Waals surface area contributed by atoms with Crippen LogP contribution >= 0.6 is 0 Å². The SMILES string of the molecule is CN(C)C=O.O=C(Oc1ccccc1)Oc1ccccc1. The Labute approximate surface area is 123 Å². The van der Waals surface area contributed by atoms with E-state index in [0.717, 1.165) is 6.41 Å². The molecule has 110 valence electrons. The molecule has 5 nitrogen and oxygen atoms in total. The van der Waals surface area contributed by atoms with Crippen molar-refractivity contribution in [2.45, 2.75) is 0 Å². The first-order valence-electron chi connectivity index (χ1n) is 6.23. The minimum atomic E-state index is -0.739. The molecule has 0 saturated heterocycles. The molecule has 0 saturated carbocycles. The van der Waals surface area contributed by atoms with Gasteiger partial charge in [0.1, 0.15) is 11.5 Å². The number of carbonyl (C=O) groups is 2. The molecule has 0 aliphatic rings. The van der Waals surface area contributed by atoms with Crippen molar-refractivity contribution >= 4 is 12.6 Å². The molecule has 0 aliphatic heterocycles. The van der Waals surface area contributed by atoms with Crippen LogP contribution in [0.5, 0.6) is 11.5 Å². The average Bonchev–Trinajstić information content (AvgIpc) is 2.49. The van der Waals surface area contributed by atoms with E-state index in [9.17, 15) is 9.59 Å². The third-order valence-electron chi connectivity index (χ3n) is 2.10. The van der Waals surface area contributed by atoms with Crippen molar-refractivity contribution in [3.63, 3.8) is 0 Å². The van der Waals surface area contributed by atoms with E-state index in [4.69, 9.17) is 9.47 Å². The van der Waals surface area contributed by atoms with E-state index in [0.29, 0.717) is 11.5 Å². The lowest BCUT2D eigenvalue weighted by atomic mass is 10.3. The lowest BCUT2D eigenvalue weighted by molar-refractivity contribution is -0.115. The maximum Gasteiger partial charge on any atom is 0.519 e. The molecule has 0 spiro atoms. The summed E-state index contributed by atoms with van der Waals surface area (Å²) < 4.78 is 9.91. The van der Waals surface area contributed by atoms with Gasteiger partial charge in [-0.1, -0.05) is 36.4 Å². The molecule has 0 atom stereocenters. The van der Waals surface area contributed by atoms with Gasteiger partial charge in [-0.15, -0.1) is 0 Å². The number of rotatable bonds is 3. The third-order valence-corrected chi connectivity index (χ3v) is 2.10. The molecule has 0 fully saturated rings. The van der Waals surface area contributed by atoms with Crippen LogP contribution in [0.3, 0.4) is 0 Å². The quantitative estimate of drug-likeness (QED) is 0.495. The molecular formula is C16H17NO4. The number of amides is 1. The van der Waals surface area contributed by atoms with Crippen LogP contribution in [-0.4, -0.2) is 31.6 Å². The van der Waals surface area contributed by atoms with Crippen LogP contribution in [0.25, 0.3) is 0 Å². The van der Waals surface area contributed by atoms with Crippen molar-refractivity contribution in [2.24, 2.45) is 0 Å². The largest absolute Gasteiger partial charge is 0.519 e. The highest BCUT2D eigenvalue weighted by molar-refractivity contribution is 5.66. The smallest absolute Gasteiger partial charge is 0.395 e. The maximum atomic E-state index is 11.3. The summed E-state index contributed by atoms with van der Waals surface area (Å²) in [5.41, 5.74) is 0. The highest BCUT2D eigenvalue weighted by Gasteiger charge is 2.06. The molecule has 2 aromatic rings. The zero-order valence-corrected chi connectivity index (χ0v) is 11.9. The fourth-order valence-electron chi connectivity index (χ4n) is 1.19. The Morgan fingerprint density at radius 2 is 1.19 bits per heavy atom. The van der Waals surface area contributed by atoms with E-state index in [1.165, 1.54) is 4.90 Å². The first-order valence-corrected chi connectivity index (χ1v) is 6.23. The van der Waals surface area contributed by atoms with E-state index in [-0.39, 0.29) is 0 Å². The molecule has 2 rings (SSSR count). The third kappa shape index (κ3) is 7.37. The normalized spacial score (nSPS) is 8.86. The van der Waals surface area contributed by atoms with Gasteiger partial charge in [-0.05, 0) is 24.3 Å². The monoisotopic (exact) mass is 287 g/mol. The molecule has 21 heavy (non-hydrogen) atoms. The van der Waals surface area contributed by atoms with Gasteiger partial charge in [0.15, 0.2) is 0 Å². The van der Waals surface area contributed by atoms with E-state index in [2.05, 4.69) is 0 Å². The second-order valence-corrected chi connectivity index (χ2v) is 4.15. The Hall–Kier alpha value is -2.82. The summed E-state index contributed by atoms with van der Waals surface area (Å²) in [6, 6.07) is 17.6. The molecule has 0 aromatic heterocycles. The zero-order chi connectivity index (χ0) is 15.5. The van der Waals surface area contributed by atoms with Crippen molar-refractivity contribution in [1.82, 2.24) is 4.90 Å². The number of ether oxygens (including phenoxy) is 2. The Bertz CT molecular complexity index is 497. The molecular weight excluding hydrogens is 270 g/mol. The summed E-state index contributed by atoms with van der Waals surface area (Å²) in [6.07, 6.45) is 0.0115. The van der Waals surface area contributed by atoms with Crippen LogP contribution in [0.4, 0.5) is 4.79 Å². The Morgan fingerprint density at radius 1 is 0.857 bits per heavy atom.